The van der Waals surface area contributed by atoms with Gasteiger partial charge in [0.2, 0.25) is 0 Å². The van der Waals surface area contributed by atoms with Gasteiger partial charge in [0.05, 0.1) is 10.6 Å². The number of pyridine rings is 1. The first-order valence-electron chi connectivity index (χ1n) is 9.41. The van der Waals surface area contributed by atoms with E-state index in [1.165, 1.54) is 12.3 Å². The number of piperidine rings is 1. The van der Waals surface area contributed by atoms with Crippen molar-refractivity contribution >= 4 is 38.9 Å². The topological polar surface area (TPSA) is 99.6 Å². The Morgan fingerprint density at radius 3 is 2.66 bits per heavy atom. The number of aromatic nitrogens is 1. The monoisotopic (exact) mass is 437 g/mol. The van der Waals surface area contributed by atoms with Crippen LogP contribution in [0.2, 0.25) is 5.02 Å². The molecule has 1 saturated heterocycles. The van der Waals surface area contributed by atoms with E-state index in [0.717, 1.165) is 38.6 Å². The number of nitrogens with zero attached hydrogens (tertiary/aromatic N) is 2. The minimum Gasteiger partial charge on any atom is -0.396 e. The fourth-order valence-corrected chi connectivity index (χ4v) is 4.19. The third-order valence-corrected chi connectivity index (χ3v) is 6.37. The fraction of sp³-hybridized carbons (Fsp3) is 0.400. The van der Waals surface area contributed by atoms with Crippen molar-refractivity contribution in [1.82, 2.24) is 4.98 Å². The van der Waals surface area contributed by atoms with Gasteiger partial charge in [-0.05, 0) is 49.4 Å². The van der Waals surface area contributed by atoms with Gasteiger partial charge in [-0.1, -0.05) is 17.7 Å². The SMILES string of the molecule is CS(=O)(=O)c1cnc(N2CCC(CCO)CC2)c(NC(=O)c2cccc(Cl)c2)c1. The maximum atomic E-state index is 12.7. The summed E-state index contributed by atoms with van der Waals surface area (Å²) in [4.78, 5) is 19.1. The number of hydrogen-bond donors (Lipinski definition) is 2. The summed E-state index contributed by atoms with van der Waals surface area (Å²) < 4.78 is 24.0. The molecule has 1 fully saturated rings. The lowest BCUT2D eigenvalue weighted by atomic mass is 9.94. The summed E-state index contributed by atoms with van der Waals surface area (Å²) >= 11 is 5.97. The molecule has 1 amide bonds. The van der Waals surface area contributed by atoms with Gasteiger partial charge in [-0.25, -0.2) is 13.4 Å². The second-order valence-electron chi connectivity index (χ2n) is 7.22. The second kappa shape index (κ2) is 9.11. The largest absolute Gasteiger partial charge is 0.396 e. The fourth-order valence-electron chi connectivity index (χ4n) is 3.43. The summed E-state index contributed by atoms with van der Waals surface area (Å²) in [7, 11) is -3.48. The maximum absolute atomic E-state index is 12.7. The maximum Gasteiger partial charge on any atom is 0.255 e. The molecule has 0 unspecified atom stereocenters. The Kier molecular flexibility index (Phi) is 6.77. The molecule has 1 aliphatic rings. The number of carbonyl (C=O) groups excluding carboxylic acids is 1. The van der Waals surface area contributed by atoms with Gasteiger partial charge >= 0.3 is 0 Å². The van der Waals surface area contributed by atoms with Crippen molar-refractivity contribution in [1.29, 1.82) is 0 Å². The molecule has 2 aromatic rings. The van der Waals surface area contributed by atoms with Crippen molar-refractivity contribution < 1.29 is 18.3 Å². The van der Waals surface area contributed by atoms with Crippen LogP contribution in [0, 0.1) is 5.92 Å². The number of amides is 1. The Bertz CT molecular complexity index is 989. The molecule has 156 valence electrons. The van der Waals surface area contributed by atoms with Crippen molar-refractivity contribution in [2.45, 2.75) is 24.2 Å². The zero-order valence-electron chi connectivity index (χ0n) is 16.1. The molecular formula is C20H24ClN3O4S. The van der Waals surface area contributed by atoms with Gasteiger partial charge in [-0.15, -0.1) is 0 Å². The van der Waals surface area contributed by atoms with Crippen LogP contribution in [0.1, 0.15) is 29.6 Å². The number of sulfone groups is 1. The summed E-state index contributed by atoms with van der Waals surface area (Å²) in [5.41, 5.74) is 0.716. The molecule has 1 aromatic heterocycles. The van der Waals surface area contributed by atoms with Crippen LogP contribution in [0.25, 0.3) is 0 Å². The highest BCUT2D eigenvalue weighted by Crippen LogP contribution is 2.31. The zero-order chi connectivity index (χ0) is 21.0. The smallest absolute Gasteiger partial charge is 0.255 e. The summed E-state index contributed by atoms with van der Waals surface area (Å²) in [5, 5.41) is 12.4. The van der Waals surface area contributed by atoms with Crippen molar-refractivity contribution in [3.63, 3.8) is 0 Å². The summed E-state index contributed by atoms with van der Waals surface area (Å²) in [6, 6.07) is 7.97. The number of benzene rings is 1. The van der Waals surface area contributed by atoms with Gasteiger partial charge in [0.25, 0.3) is 5.91 Å². The molecule has 2 N–H and O–H groups in total. The van der Waals surface area contributed by atoms with Crippen molar-refractivity contribution in [2.24, 2.45) is 5.92 Å². The molecule has 0 aliphatic carbocycles. The standard InChI is InChI=1S/C20H24ClN3O4S/c1-29(27,28)17-12-18(23-20(26)15-3-2-4-16(21)11-15)19(22-13-17)24-8-5-14(6-9-24)7-10-25/h2-4,11-14,25H,5-10H2,1H3,(H,23,26). The highest BCUT2D eigenvalue weighted by molar-refractivity contribution is 7.90. The second-order valence-corrected chi connectivity index (χ2v) is 9.67. The number of nitrogens with one attached hydrogen (secondary N) is 1. The number of halogens is 1. The Labute approximate surface area is 175 Å². The van der Waals surface area contributed by atoms with Gasteiger partial charge in [0.15, 0.2) is 15.7 Å². The Balaban J connectivity index is 1.89. The van der Waals surface area contributed by atoms with Crippen molar-refractivity contribution in [2.75, 3.05) is 36.2 Å². The Morgan fingerprint density at radius 2 is 2.03 bits per heavy atom. The highest BCUT2D eigenvalue weighted by atomic mass is 35.5. The van der Waals surface area contributed by atoms with Gasteiger partial charge in [-0.3, -0.25) is 4.79 Å². The molecule has 0 atom stereocenters. The van der Waals surface area contributed by atoms with Crippen LogP contribution in [0.4, 0.5) is 11.5 Å². The molecule has 1 aliphatic heterocycles. The van der Waals surface area contributed by atoms with E-state index in [-0.39, 0.29) is 11.5 Å². The van der Waals surface area contributed by atoms with Crippen LogP contribution in [0.5, 0.6) is 0 Å². The van der Waals surface area contributed by atoms with Crippen LogP contribution in [-0.2, 0) is 9.84 Å². The highest BCUT2D eigenvalue weighted by Gasteiger charge is 2.24. The molecule has 3 rings (SSSR count). The Morgan fingerprint density at radius 1 is 1.31 bits per heavy atom. The predicted molar refractivity (Wildman–Crippen MR) is 113 cm³/mol. The van der Waals surface area contributed by atoms with E-state index in [1.54, 1.807) is 24.3 Å². The predicted octanol–water partition coefficient (Wildman–Crippen LogP) is 2.99. The first-order chi connectivity index (χ1) is 13.8. The van der Waals surface area contributed by atoms with E-state index >= 15 is 0 Å². The lowest BCUT2D eigenvalue weighted by Crippen LogP contribution is -2.35. The average molecular weight is 438 g/mol. The van der Waals surface area contributed by atoms with Crippen LogP contribution >= 0.6 is 11.6 Å². The van der Waals surface area contributed by atoms with Crippen molar-refractivity contribution in [3.05, 3.63) is 47.1 Å². The molecule has 0 saturated carbocycles. The average Bonchev–Trinajstić information content (AvgIpc) is 2.68. The number of carbonyl (C=O) groups is 1. The van der Waals surface area contributed by atoms with E-state index in [0.29, 0.717) is 28.0 Å². The number of rotatable bonds is 6. The summed E-state index contributed by atoms with van der Waals surface area (Å²) in [6.07, 6.45) is 4.99. The molecule has 0 spiro atoms. The number of hydrogen-bond acceptors (Lipinski definition) is 6. The van der Waals surface area contributed by atoms with Gasteiger partial charge in [0, 0.05) is 42.7 Å². The van der Waals surface area contributed by atoms with Crippen molar-refractivity contribution in [3.8, 4) is 0 Å². The third-order valence-electron chi connectivity index (χ3n) is 5.06. The van der Waals surface area contributed by atoms with E-state index in [4.69, 9.17) is 16.7 Å². The molecule has 29 heavy (non-hydrogen) atoms. The van der Waals surface area contributed by atoms with E-state index in [2.05, 4.69) is 10.3 Å². The van der Waals surface area contributed by atoms with Crippen LogP contribution < -0.4 is 10.2 Å². The first kappa shape index (κ1) is 21.5. The Hall–Kier alpha value is -2.16. The molecular weight excluding hydrogens is 414 g/mol. The molecule has 0 radical (unpaired) electrons. The normalized spacial score (nSPS) is 15.3. The lowest BCUT2D eigenvalue weighted by molar-refractivity contribution is 0.102. The summed E-state index contributed by atoms with van der Waals surface area (Å²) in [5.74, 6) is 0.600. The molecule has 1 aromatic carbocycles. The van der Waals surface area contributed by atoms with E-state index < -0.39 is 15.7 Å². The van der Waals surface area contributed by atoms with Gasteiger partial charge in [0.1, 0.15) is 0 Å². The first-order valence-corrected chi connectivity index (χ1v) is 11.7. The molecule has 7 nitrogen and oxygen atoms in total. The van der Waals surface area contributed by atoms with Crippen LogP contribution in [0.3, 0.4) is 0 Å². The van der Waals surface area contributed by atoms with Gasteiger partial charge in [-0.2, -0.15) is 0 Å². The number of anilines is 2. The molecule has 2 heterocycles. The molecule has 0 bridgehead atoms. The number of aliphatic hydroxyl groups is 1. The minimum atomic E-state index is -3.48. The van der Waals surface area contributed by atoms with Crippen LogP contribution in [0.15, 0.2) is 41.4 Å². The number of aliphatic hydroxyl groups excluding tert-OH is 1. The van der Waals surface area contributed by atoms with E-state index in [9.17, 15) is 13.2 Å². The summed E-state index contributed by atoms with van der Waals surface area (Å²) in [6.45, 7) is 1.61. The minimum absolute atomic E-state index is 0.0396. The third kappa shape index (κ3) is 5.46. The quantitative estimate of drug-likeness (QED) is 0.720. The molecule has 9 heteroatoms. The zero-order valence-corrected chi connectivity index (χ0v) is 17.7. The van der Waals surface area contributed by atoms with E-state index in [1.807, 2.05) is 4.90 Å². The van der Waals surface area contributed by atoms with Gasteiger partial charge < -0.3 is 15.3 Å². The lowest BCUT2D eigenvalue weighted by Gasteiger charge is -2.33. The van der Waals surface area contributed by atoms with Crippen LogP contribution in [-0.4, -0.2) is 50.4 Å².